The van der Waals surface area contributed by atoms with E-state index in [9.17, 15) is 19.2 Å². The molecular formula is C38H48N4O6. The van der Waals surface area contributed by atoms with Crippen LogP contribution in [0.1, 0.15) is 43.4 Å². The van der Waals surface area contributed by atoms with E-state index in [2.05, 4.69) is 16.0 Å². The van der Waals surface area contributed by atoms with Gasteiger partial charge in [-0.2, -0.15) is 0 Å². The number of esters is 1. The number of morpholine rings is 1. The van der Waals surface area contributed by atoms with Crippen molar-refractivity contribution in [1.82, 2.24) is 20.9 Å². The number of benzene rings is 3. The van der Waals surface area contributed by atoms with Gasteiger partial charge in [0.25, 0.3) is 0 Å². The van der Waals surface area contributed by atoms with Crippen molar-refractivity contribution < 1.29 is 28.7 Å². The normalized spacial score (nSPS) is 15.1. The Kier molecular flexibility index (Phi) is 14.6. The maximum Gasteiger partial charge on any atom is 0.329 e. The van der Waals surface area contributed by atoms with Gasteiger partial charge in [0.1, 0.15) is 24.7 Å². The van der Waals surface area contributed by atoms with E-state index in [0.717, 1.165) is 16.7 Å². The molecule has 0 aromatic heterocycles. The molecule has 1 aliphatic rings. The summed E-state index contributed by atoms with van der Waals surface area (Å²) in [5.41, 5.74) is 2.72. The van der Waals surface area contributed by atoms with Crippen molar-refractivity contribution in [3.8, 4) is 0 Å². The minimum absolute atomic E-state index is 0.0531. The second-order valence-electron chi connectivity index (χ2n) is 12.6. The predicted octanol–water partition coefficient (Wildman–Crippen LogP) is 3.44. The fourth-order valence-corrected chi connectivity index (χ4v) is 5.55. The first-order chi connectivity index (χ1) is 23.3. The molecule has 0 spiro atoms. The maximum absolute atomic E-state index is 13.8. The van der Waals surface area contributed by atoms with Gasteiger partial charge in [-0.25, -0.2) is 4.79 Å². The fourth-order valence-electron chi connectivity index (χ4n) is 5.55. The van der Waals surface area contributed by atoms with Crippen LogP contribution < -0.4 is 16.0 Å². The summed E-state index contributed by atoms with van der Waals surface area (Å²) in [6.45, 7) is 6.54. The zero-order chi connectivity index (χ0) is 34.1. The molecule has 4 rings (SSSR count). The van der Waals surface area contributed by atoms with Crippen LogP contribution in [-0.2, 0) is 48.1 Å². The molecule has 256 valence electrons. The van der Waals surface area contributed by atoms with Crippen molar-refractivity contribution in [3.05, 3.63) is 108 Å². The Morgan fingerprint density at radius 3 is 1.85 bits per heavy atom. The standard InChI is InChI=1S/C38H48N4O6/c1-28(2)24-33(37(45)41-34(25-30-14-8-4-9-15-30)38(46)48-27-31-16-10-5-11-17-31)40-36(44)32(19-18-29-12-6-3-7-13-29)39-35(43)26-42-20-22-47-23-21-42/h3-17,28,32-34H,18-27H2,1-2H3,(H,39,43)(H,40,44)(H,41,45)/t32-,33+,34+/m1/s1. The summed E-state index contributed by atoms with van der Waals surface area (Å²) in [5, 5.41) is 8.69. The van der Waals surface area contributed by atoms with Gasteiger partial charge in [0, 0.05) is 19.5 Å². The van der Waals surface area contributed by atoms with E-state index in [1.54, 1.807) is 0 Å². The average molecular weight is 657 g/mol. The summed E-state index contributed by atoms with van der Waals surface area (Å²) in [7, 11) is 0. The van der Waals surface area contributed by atoms with Crippen LogP contribution in [0.3, 0.4) is 0 Å². The van der Waals surface area contributed by atoms with Crippen molar-refractivity contribution in [2.75, 3.05) is 32.8 Å². The molecule has 1 saturated heterocycles. The van der Waals surface area contributed by atoms with Gasteiger partial charge in [-0.3, -0.25) is 19.3 Å². The predicted molar refractivity (Wildman–Crippen MR) is 184 cm³/mol. The number of hydrogen-bond donors (Lipinski definition) is 3. The molecule has 3 atom stereocenters. The van der Waals surface area contributed by atoms with Crippen LogP contribution in [0, 0.1) is 5.92 Å². The lowest BCUT2D eigenvalue weighted by Crippen LogP contribution is -2.57. The zero-order valence-corrected chi connectivity index (χ0v) is 27.9. The molecule has 10 heteroatoms. The number of ether oxygens (including phenoxy) is 2. The van der Waals surface area contributed by atoms with Crippen molar-refractivity contribution in [2.45, 2.75) is 64.3 Å². The van der Waals surface area contributed by atoms with E-state index < -0.39 is 35.9 Å². The fraction of sp³-hybridized carbons (Fsp3) is 0.421. The lowest BCUT2D eigenvalue weighted by atomic mass is 10.00. The number of rotatable bonds is 17. The molecular weight excluding hydrogens is 608 g/mol. The largest absolute Gasteiger partial charge is 0.459 e. The van der Waals surface area contributed by atoms with Crippen LogP contribution in [0.15, 0.2) is 91.0 Å². The Balaban J connectivity index is 1.46. The Morgan fingerprint density at radius 1 is 0.708 bits per heavy atom. The topological polar surface area (TPSA) is 126 Å². The third-order valence-electron chi connectivity index (χ3n) is 8.13. The molecule has 0 aliphatic carbocycles. The van der Waals surface area contributed by atoms with E-state index >= 15 is 0 Å². The van der Waals surface area contributed by atoms with Gasteiger partial charge in [-0.05, 0) is 41.9 Å². The molecule has 48 heavy (non-hydrogen) atoms. The number of hydrogen-bond acceptors (Lipinski definition) is 7. The quantitative estimate of drug-likeness (QED) is 0.190. The van der Waals surface area contributed by atoms with Crippen LogP contribution >= 0.6 is 0 Å². The van der Waals surface area contributed by atoms with Gasteiger partial charge in [0.2, 0.25) is 17.7 Å². The molecule has 10 nitrogen and oxygen atoms in total. The minimum atomic E-state index is -0.975. The van der Waals surface area contributed by atoms with Crippen LogP contribution in [0.5, 0.6) is 0 Å². The van der Waals surface area contributed by atoms with Crippen molar-refractivity contribution in [1.29, 1.82) is 0 Å². The van der Waals surface area contributed by atoms with Gasteiger partial charge < -0.3 is 25.4 Å². The number of nitrogens with zero attached hydrogens (tertiary/aromatic N) is 1. The molecule has 0 saturated carbocycles. The summed E-state index contributed by atoms with van der Waals surface area (Å²) >= 11 is 0. The van der Waals surface area contributed by atoms with Crippen LogP contribution in [0.25, 0.3) is 0 Å². The SMILES string of the molecule is CC(C)C[C@H](NC(=O)[C@@H](CCc1ccccc1)NC(=O)CN1CCOCC1)C(=O)N[C@@H](Cc1ccccc1)C(=O)OCc1ccccc1. The minimum Gasteiger partial charge on any atom is -0.459 e. The Bertz CT molecular complexity index is 1430. The number of nitrogens with one attached hydrogen (secondary N) is 3. The highest BCUT2D eigenvalue weighted by molar-refractivity contribution is 5.93. The Hall–Kier alpha value is -4.54. The van der Waals surface area contributed by atoms with Crippen LogP contribution in [-0.4, -0.2) is 79.6 Å². The van der Waals surface area contributed by atoms with E-state index in [0.29, 0.717) is 45.6 Å². The monoisotopic (exact) mass is 656 g/mol. The highest BCUT2D eigenvalue weighted by Crippen LogP contribution is 2.12. The summed E-state index contributed by atoms with van der Waals surface area (Å²) in [6.07, 6.45) is 1.47. The summed E-state index contributed by atoms with van der Waals surface area (Å²) in [5.74, 6) is -1.72. The van der Waals surface area contributed by atoms with Crippen molar-refractivity contribution in [2.24, 2.45) is 5.92 Å². The maximum atomic E-state index is 13.8. The summed E-state index contributed by atoms with van der Waals surface area (Å²) < 4.78 is 11.0. The third kappa shape index (κ3) is 12.6. The first-order valence-electron chi connectivity index (χ1n) is 16.8. The van der Waals surface area contributed by atoms with Crippen molar-refractivity contribution in [3.63, 3.8) is 0 Å². The second-order valence-corrected chi connectivity index (χ2v) is 12.6. The van der Waals surface area contributed by atoms with E-state index in [1.807, 2.05) is 110 Å². The van der Waals surface area contributed by atoms with Gasteiger partial charge >= 0.3 is 5.97 Å². The van der Waals surface area contributed by atoms with Crippen LogP contribution in [0.2, 0.25) is 0 Å². The molecule has 3 aromatic carbocycles. The van der Waals surface area contributed by atoms with Crippen molar-refractivity contribution >= 4 is 23.7 Å². The first-order valence-corrected chi connectivity index (χ1v) is 16.8. The lowest BCUT2D eigenvalue weighted by molar-refractivity contribution is -0.149. The van der Waals surface area contributed by atoms with E-state index in [-0.39, 0.29) is 31.4 Å². The first kappa shape index (κ1) is 36.3. The number of amides is 3. The molecule has 3 N–H and O–H groups in total. The molecule has 1 fully saturated rings. The summed E-state index contributed by atoms with van der Waals surface area (Å²) in [6, 6.07) is 25.7. The Labute approximate surface area is 283 Å². The second kappa shape index (κ2) is 19.3. The Morgan fingerprint density at radius 2 is 1.25 bits per heavy atom. The zero-order valence-electron chi connectivity index (χ0n) is 27.9. The smallest absolute Gasteiger partial charge is 0.329 e. The highest BCUT2D eigenvalue weighted by Gasteiger charge is 2.31. The number of aryl methyl sites for hydroxylation is 1. The van der Waals surface area contributed by atoms with Gasteiger partial charge in [0.05, 0.1) is 19.8 Å². The van der Waals surface area contributed by atoms with E-state index in [1.165, 1.54) is 0 Å². The summed E-state index contributed by atoms with van der Waals surface area (Å²) in [4.78, 5) is 56.1. The molecule has 1 heterocycles. The van der Waals surface area contributed by atoms with Gasteiger partial charge in [-0.15, -0.1) is 0 Å². The number of carbonyl (C=O) groups is 4. The number of carbonyl (C=O) groups excluding carboxylic acids is 4. The molecule has 1 aliphatic heterocycles. The van der Waals surface area contributed by atoms with E-state index in [4.69, 9.17) is 9.47 Å². The molecule has 3 amide bonds. The van der Waals surface area contributed by atoms with Crippen LogP contribution in [0.4, 0.5) is 0 Å². The molecule has 0 unspecified atom stereocenters. The highest BCUT2D eigenvalue weighted by atomic mass is 16.5. The molecule has 0 radical (unpaired) electrons. The molecule has 3 aromatic rings. The average Bonchev–Trinajstić information content (AvgIpc) is 3.10. The molecule has 0 bridgehead atoms. The van der Waals surface area contributed by atoms with Gasteiger partial charge in [0.15, 0.2) is 0 Å². The van der Waals surface area contributed by atoms with Gasteiger partial charge in [-0.1, -0.05) is 105 Å². The lowest BCUT2D eigenvalue weighted by Gasteiger charge is -2.28. The third-order valence-corrected chi connectivity index (χ3v) is 8.13.